The first-order valence-corrected chi connectivity index (χ1v) is 7.15. The van der Waals surface area contributed by atoms with E-state index in [1.165, 1.54) is 0 Å². The van der Waals surface area contributed by atoms with E-state index in [0.29, 0.717) is 36.3 Å². The Balaban J connectivity index is 1.82. The smallest absolute Gasteiger partial charge is 0.170 e. The standard InChI is InChI=1S/C14H16ClN5O/c15-10-3-1-9(2-4-10)7-11-13(16)19-20-14(18-11)12-8-21-6-5-17-12/h1-4,12,17H,5-8H2,(H2,16,19). The molecule has 1 unspecified atom stereocenters. The van der Waals surface area contributed by atoms with Crippen LogP contribution in [0.4, 0.5) is 5.82 Å². The lowest BCUT2D eigenvalue weighted by atomic mass is 10.1. The first-order valence-electron chi connectivity index (χ1n) is 6.77. The summed E-state index contributed by atoms with van der Waals surface area (Å²) in [5.41, 5.74) is 7.67. The number of morpholine rings is 1. The molecule has 0 spiro atoms. The lowest BCUT2D eigenvalue weighted by Gasteiger charge is -2.22. The molecule has 1 atom stereocenters. The van der Waals surface area contributed by atoms with Gasteiger partial charge in [0.2, 0.25) is 0 Å². The van der Waals surface area contributed by atoms with Gasteiger partial charge >= 0.3 is 0 Å². The van der Waals surface area contributed by atoms with Crippen molar-refractivity contribution in [2.75, 3.05) is 25.5 Å². The summed E-state index contributed by atoms with van der Waals surface area (Å²) in [6.45, 7) is 2.04. The van der Waals surface area contributed by atoms with Gasteiger partial charge in [-0.25, -0.2) is 4.98 Å². The van der Waals surface area contributed by atoms with E-state index in [1.54, 1.807) is 0 Å². The fourth-order valence-electron chi connectivity index (χ4n) is 2.19. The maximum atomic E-state index is 5.89. The predicted octanol–water partition coefficient (Wildman–Crippen LogP) is 1.36. The van der Waals surface area contributed by atoms with Crippen LogP contribution in [0, 0.1) is 0 Å². The van der Waals surface area contributed by atoms with Crippen LogP contribution in [0.3, 0.4) is 0 Å². The van der Waals surface area contributed by atoms with E-state index in [2.05, 4.69) is 20.5 Å². The van der Waals surface area contributed by atoms with Crippen LogP contribution < -0.4 is 11.1 Å². The Morgan fingerprint density at radius 3 is 2.81 bits per heavy atom. The zero-order chi connectivity index (χ0) is 14.7. The molecule has 21 heavy (non-hydrogen) atoms. The fourth-order valence-corrected chi connectivity index (χ4v) is 2.31. The number of hydrogen-bond donors (Lipinski definition) is 2. The molecule has 7 heteroatoms. The fraction of sp³-hybridized carbons (Fsp3) is 0.357. The van der Waals surface area contributed by atoms with Crippen molar-refractivity contribution in [1.82, 2.24) is 20.5 Å². The molecule has 0 aliphatic carbocycles. The van der Waals surface area contributed by atoms with E-state index < -0.39 is 0 Å². The molecule has 6 nitrogen and oxygen atoms in total. The van der Waals surface area contributed by atoms with Crippen molar-refractivity contribution >= 4 is 17.4 Å². The Labute approximate surface area is 127 Å². The molecule has 1 aliphatic rings. The van der Waals surface area contributed by atoms with Crippen LogP contribution in [0.25, 0.3) is 0 Å². The molecule has 0 saturated carbocycles. The summed E-state index contributed by atoms with van der Waals surface area (Å²) in [4.78, 5) is 4.54. The average molecular weight is 306 g/mol. The lowest BCUT2D eigenvalue weighted by molar-refractivity contribution is 0.0738. The van der Waals surface area contributed by atoms with Crippen molar-refractivity contribution in [2.45, 2.75) is 12.5 Å². The molecular formula is C14H16ClN5O. The SMILES string of the molecule is Nc1nnc(C2COCCN2)nc1Cc1ccc(Cl)cc1. The highest BCUT2D eigenvalue weighted by Gasteiger charge is 2.20. The quantitative estimate of drug-likeness (QED) is 0.890. The summed E-state index contributed by atoms with van der Waals surface area (Å²) < 4.78 is 5.42. The molecule has 1 aromatic carbocycles. The summed E-state index contributed by atoms with van der Waals surface area (Å²) in [6, 6.07) is 7.56. The third-order valence-corrected chi connectivity index (χ3v) is 3.58. The van der Waals surface area contributed by atoms with E-state index in [9.17, 15) is 0 Å². The van der Waals surface area contributed by atoms with Crippen molar-refractivity contribution in [3.63, 3.8) is 0 Å². The Bertz CT molecular complexity index is 613. The molecule has 0 bridgehead atoms. The van der Waals surface area contributed by atoms with Gasteiger partial charge in [0.15, 0.2) is 11.6 Å². The van der Waals surface area contributed by atoms with Gasteiger partial charge in [-0.15, -0.1) is 10.2 Å². The van der Waals surface area contributed by atoms with Crippen LogP contribution in [0.2, 0.25) is 5.02 Å². The number of hydrogen-bond acceptors (Lipinski definition) is 6. The van der Waals surface area contributed by atoms with E-state index in [-0.39, 0.29) is 6.04 Å². The summed E-state index contributed by atoms with van der Waals surface area (Å²) in [5.74, 6) is 0.971. The van der Waals surface area contributed by atoms with Gasteiger partial charge in [-0.1, -0.05) is 23.7 Å². The minimum absolute atomic E-state index is 0.0317. The Morgan fingerprint density at radius 1 is 1.29 bits per heavy atom. The third kappa shape index (κ3) is 3.47. The number of halogens is 1. The normalized spacial score (nSPS) is 18.6. The number of nitrogen functional groups attached to an aromatic ring is 1. The number of aromatic nitrogens is 3. The molecule has 2 heterocycles. The highest BCUT2D eigenvalue weighted by Crippen LogP contribution is 2.17. The van der Waals surface area contributed by atoms with Gasteiger partial charge in [0.1, 0.15) is 0 Å². The third-order valence-electron chi connectivity index (χ3n) is 3.32. The van der Waals surface area contributed by atoms with Gasteiger partial charge in [-0.3, -0.25) is 0 Å². The topological polar surface area (TPSA) is 86.0 Å². The molecule has 3 N–H and O–H groups in total. The molecule has 1 aliphatic heterocycles. The van der Waals surface area contributed by atoms with Gasteiger partial charge in [0, 0.05) is 18.0 Å². The molecular weight excluding hydrogens is 290 g/mol. The molecule has 0 amide bonds. The Kier molecular flexibility index (Phi) is 4.28. The maximum Gasteiger partial charge on any atom is 0.170 e. The Morgan fingerprint density at radius 2 is 2.10 bits per heavy atom. The van der Waals surface area contributed by atoms with Crippen molar-refractivity contribution in [3.8, 4) is 0 Å². The van der Waals surface area contributed by atoms with Crippen molar-refractivity contribution in [2.24, 2.45) is 0 Å². The summed E-state index contributed by atoms with van der Waals surface area (Å²) >= 11 is 5.89. The highest BCUT2D eigenvalue weighted by molar-refractivity contribution is 6.30. The number of benzene rings is 1. The number of rotatable bonds is 3. The Hall–Kier alpha value is -1.76. The van der Waals surface area contributed by atoms with Crippen LogP contribution >= 0.6 is 11.6 Å². The van der Waals surface area contributed by atoms with Crippen molar-refractivity contribution in [1.29, 1.82) is 0 Å². The molecule has 110 valence electrons. The zero-order valence-electron chi connectivity index (χ0n) is 11.4. The second-order valence-electron chi connectivity index (χ2n) is 4.89. The number of nitrogens with two attached hydrogens (primary N) is 1. The van der Waals surface area contributed by atoms with Gasteiger partial charge in [0.05, 0.1) is 24.9 Å². The molecule has 1 saturated heterocycles. The number of nitrogens with zero attached hydrogens (tertiary/aromatic N) is 3. The van der Waals surface area contributed by atoms with Crippen LogP contribution in [-0.4, -0.2) is 34.9 Å². The average Bonchev–Trinajstić information content (AvgIpc) is 2.52. The molecule has 2 aromatic rings. The molecule has 3 rings (SSSR count). The van der Waals surface area contributed by atoms with E-state index in [4.69, 9.17) is 22.1 Å². The van der Waals surface area contributed by atoms with E-state index >= 15 is 0 Å². The summed E-state index contributed by atoms with van der Waals surface area (Å²) in [5, 5.41) is 12.1. The van der Waals surface area contributed by atoms with Crippen LogP contribution in [0.1, 0.15) is 23.1 Å². The first-order chi connectivity index (χ1) is 10.2. The van der Waals surface area contributed by atoms with Gasteiger partial charge < -0.3 is 15.8 Å². The largest absolute Gasteiger partial charge is 0.381 e. The minimum atomic E-state index is -0.0317. The number of nitrogens with one attached hydrogen (secondary N) is 1. The van der Waals surface area contributed by atoms with Gasteiger partial charge in [-0.05, 0) is 17.7 Å². The minimum Gasteiger partial charge on any atom is -0.381 e. The molecule has 1 aromatic heterocycles. The van der Waals surface area contributed by atoms with Crippen LogP contribution in [-0.2, 0) is 11.2 Å². The number of ether oxygens (including phenoxy) is 1. The first kappa shape index (κ1) is 14.2. The zero-order valence-corrected chi connectivity index (χ0v) is 12.2. The summed E-state index contributed by atoms with van der Waals surface area (Å²) in [7, 11) is 0. The number of anilines is 1. The van der Waals surface area contributed by atoms with Crippen molar-refractivity contribution in [3.05, 3.63) is 46.4 Å². The molecule has 0 radical (unpaired) electrons. The van der Waals surface area contributed by atoms with E-state index in [0.717, 1.165) is 17.8 Å². The van der Waals surface area contributed by atoms with Gasteiger partial charge in [-0.2, -0.15) is 0 Å². The van der Waals surface area contributed by atoms with Crippen LogP contribution in [0.5, 0.6) is 0 Å². The summed E-state index contributed by atoms with van der Waals surface area (Å²) in [6.07, 6.45) is 0.596. The van der Waals surface area contributed by atoms with E-state index in [1.807, 2.05) is 24.3 Å². The van der Waals surface area contributed by atoms with Crippen LogP contribution in [0.15, 0.2) is 24.3 Å². The second-order valence-corrected chi connectivity index (χ2v) is 5.32. The van der Waals surface area contributed by atoms with Gasteiger partial charge in [0.25, 0.3) is 0 Å². The maximum absolute atomic E-state index is 5.89. The molecule has 1 fully saturated rings. The van der Waals surface area contributed by atoms with Crippen molar-refractivity contribution < 1.29 is 4.74 Å². The lowest BCUT2D eigenvalue weighted by Crippen LogP contribution is -2.36. The highest BCUT2D eigenvalue weighted by atomic mass is 35.5. The monoisotopic (exact) mass is 305 g/mol. The second kappa shape index (κ2) is 6.34. The predicted molar refractivity (Wildman–Crippen MR) is 80.1 cm³/mol.